The van der Waals surface area contributed by atoms with Crippen LogP contribution in [0.3, 0.4) is 0 Å². The smallest absolute Gasteiger partial charge is 0.164 e. The van der Waals surface area contributed by atoms with E-state index in [1.165, 1.54) is 43.4 Å². The molecule has 5 heteroatoms. The van der Waals surface area contributed by atoms with Crippen molar-refractivity contribution in [3.8, 4) is 39.9 Å². The Morgan fingerprint density at radius 3 is 1.75 bits per heavy atom. The molecule has 5 nitrogen and oxygen atoms in total. The fourth-order valence-corrected chi connectivity index (χ4v) is 8.61. The number of nitrogens with zero attached hydrogens (tertiary/aromatic N) is 4. The summed E-state index contributed by atoms with van der Waals surface area (Å²) in [6, 6.07) is 63.9. The summed E-state index contributed by atoms with van der Waals surface area (Å²) < 4.78 is 9.10. The summed E-state index contributed by atoms with van der Waals surface area (Å²) in [4.78, 5) is 15.2. The first kappa shape index (κ1) is 30.8. The number of fused-ring (bicyclic) bond motifs is 11. The fourth-order valence-electron chi connectivity index (χ4n) is 8.61. The monoisotopic (exact) mass is 714 g/mol. The van der Waals surface area contributed by atoms with Crippen LogP contribution in [0.2, 0.25) is 0 Å². The zero-order valence-electron chi connectivity index (χ0n) is 30.0. The summed E-state index contributed by atoms with van der Waals surface area (Å²) in [7, 11) is 0. The fraction of sp³-hybridized carbons (Fsp3) is 0. The average molecular weight is 715 g/mol. The maximum atomic E-state index is 6.65. The van der Waals surface area contributed by atoms with Gasteiger partial charge in [0.2, 0.25) is 0 Å². The molecule has 0 bridgehead atoms. The number of furan rings is 1. The zero-order valence-corrected chi connectivity index (χ0v) is 30.0. The Hall–Kier alpha value is -7.63. The van der Waals surface area contributed by atoms with Crippen LogP contribution in [-0.4, -0.2) is 19.5 Å². The highest BCUT2D eigenvalue weighted by Gasteiger charge is 2.21. The van der Waals surface area contributed by atoms with E-state index in [1.807, 2.05) is 72.8 Å². The van der Waals surface area contributed by atoms with Gasteiger partial charge in [0, 0.05) is 49.3 Å². The normalized spacial score (nSPS) is 11.9. The molecular weight excluding hydrogens is 685 g/mol. The molecule has 0 unspecified atom stereocenters. The standard InChI is InChI=1S/C51H30N4O/c1-3-13-33(14-4-1)49-52-50(34-15-5-2-6-16-34)54-51(53-49)40-20-11-21-44-46(40)47-41-30-37(25-22-32(41)24-27-45(47)56-44)55-43-29-36-18-8-7-17-35(36)28-42(43)39-26-23-31-12-9-10-19-38(31)48(39)55/h1-30H. The second-order valence-electron chi connectivity index (χ2n) is 14.4. The molecule has 0 radical (unpaired) electrons. The van der Waals surface area contributed by atoms with E-state index >= 15 is 0 Å². The van der Waals surface area contributed by atoms with E-state index in [4.69, 9.17) is 19.4 Å². The summed E-state index contributed by atoms with van der Waals surface area (Å²) in [5.41, 5.74) is 7.81. The lowest BCUT2D eigenvalue weighted by Gasteiger charge is -2.12. The van der Waals surface area contributed by atoms with Crippen molar-refractivity contribution in [2.45, 2.75) is 0 Å². The first-order valence-corrected chi connectivity index (χ1v) is 18.9. The van der Waals surface area contributed by atoms with Gasteiger partial charge in [-0.05, 0) is 63.3 Å². The quantitative estimate of drug-likeness (QED) is 0.182. The molecule has 0 aliphatic rings. The van der Waals surface area contributed by atoms with E-state index in [1.54, 1.807) is 0 Å². The molecule has 0 saturated carbocycles. The lowest BCUT2D eigenvalue weighted by molar-refractivity contribution is 0.669. The molecule has 260 valence electrons. The first-order valence-electron chi connectivity index (χ1n) is 18.9. The SMILES string of the molecule is c1ccc(-c2nc(-c3ccccc3)nc(-c3cccc4oc5ccc6ccc(-n7c8cc9ccccc9cc8c8ccc9ccccc9c87)cc6c5c34)n2)cc1. The van der Waals surface area contributed by atoms with Crippen LogP contribution in [0.25, 0.3) is 116 Å². The van der Waals surface area contributed by atoms with Crippen LogP contribution in [0.4, 0.5) is 0 Å². The van der Waals surface area contributed by atoms with Gasteiger partial charge in [-0.3, -0.25) is 0 Å². The van der Waals surface area contributed by atoms with Crippen molar-refractivity contribution in [1.82, 2.24) is 19.5 Å². The molecule has 0 saturated heterocycles. The second-order valence-corrected chi connectivity index (χ2v) is 14.4. The van der Waals surface area contributed by atoms with Gasteiger partial charge in [-0.1, -0.05) is 146 Å². The van der Waals surface area contributed by atoms with Crippen molar-refractivity contribution in [2.75, 3.05) is 0 Å². The molecule has 3 aromatic heterocycles. The van der Waals surface area contributed by atoms with Crippen molar-refractivity contribution < 1.29 is 4.42 Å². The average Bonchev–Trinajstić information content (AvgIpc) is 3.82. The lowest BCUT2D eigenvalue weighted by Crippen LogP contribution is -2.00. The number of hydrogen-bond donors (Lipinski definition) is 0. The number of rotatable bonds is 4. The van der Waals surface area contributed by atoms with E-state index in [0.29, 0.717) is 17.5 Å². The van der Waals surface area contributed by atoms with Gasteiger partial charge in [-0.15, -0.1) is 0 Å². The molecule has 12 rings (SSSR count). The summed E-state index contributed by atoms with van der Waals surface area (Å²) in [6.07, 6.45) is 0. The first-order chi connectivity index (χ1) is 27.7. The highest BCUT2D eigenvalue weighted by Crippen LogP contribution is 2.43. The van der Waals surface area contributed by atoms with Crippen LogP contribution >= 0.6 is 0 Å². The van der Waals surface area contributed by atoms with Crippen molar-refractivity contribution in [2.24, 2.45) is 0 Å². The molecular formula is C51H30N4O. The highest BCUT2D eigenvalue weighted by molar-refractivity contribution is 6.24. The van der Waals surface area contributed by atoms with E-state index in [2.05, 4.69) is 114 Å². The van der Waals surface area contributed by atoms with Gasteiger partial charge in [0.05, 0.1) is 11.0 Å². The van der Waals surface area contributed by atoms with Gasteiger partial charge >= 0.3 is 0 Å². The molecule has 3 heterocycles. The van der Waals surface area contributed by atoms with Crippen LogP contribution in [0.5, 0.6) is 0 Å². The minimum atomic E-state index is 0.597. The number of hydrogen-bond acceptors (Lipinski definition) is 4. The number of benzene rings is 9. The van der Waals surface area contributed by atoms with Crippen LogP contribution in [0.1, 0.15) is 0 Å². The summed E-state index contributed by atoms with van der Waals surface area (Å²) >= 11 is 0. The Balaban J connectivity index is 1.16. The third kappa shape index (κ3) is 4.64. The summed E-state index contributed by atoms with van der Waals surface area (Å²) in [5.74, 6) is 1.84. The van der Waals surface area contributed by atoms with E-state index in [9.17, 15) is 0 Å². The largest absolute Gasteiger partial charge is 0.456 e. The molecule has 0 aliphatic carbocycles. The minimum Gasteiger partial charge on any atom is -0.456 e. The van der Waals surface area contributed by atoms with E-state index in [-0.39, 0.29) is 0 Å². The van der Waals surface area contributed by atoms with Crippen molar-refractivity contribution in [1.29, 1.82) is 0 Å². The van der Waals surface area contributed by atoms with Gasteiger partial charge in [-0.25, -0.2) is 15.0 Å². The van der Waals surface area contributed by atoms with Crippen LogP contribution in [0.15, 0.2) is 186 Å². The molecule has 12 aromatic rings. The summed E-state index contributed by atoms with van der Waals surface area (Å²) in [6.45, 7) is 0. The molecule has 0 fully saturated rings. The maximum absolute atomic E-state index is 6.65. The van der Waals surface area contributed by atoms with Crippen LogP contribution in [-0.2, 0) is 0 Å². The topological polar surface area (TPSA) is 56.7 Å². The Bertz CT molecular complexity index is 3470. The predicted molar refractivity (Wildman–Crippen MR) is 230 cm³/mol. The summed E-state index contributed by atoms with van der Waals surface area (Å²) in [5, 5.41) is 11.6. The van der Waals surface area contributed by atoms with E-state index in [0.717, 1.165) is 55.1 Å². The minimum absolute atomic E-state index is 0.597. The van der Waals surface area contributed by atoms with Crippen LogP contribution in [0, 0.1) is 0 Å². The molecule has 0 N–H and O–H groups in total. The molecule has 0 spiro atoms. The predicted octanol–water partition coefficient (Wildman–Crippen LogP) is 13.3. The van der Waals surface area contributed by atoms with Gasteiger partial charge < -0.3 is 8.98 Å². The Morgan fingerprint density at radius 2 is 0.982 bits per heavy atom. The Kier molecular flexibility index (Phi) is 6.56. The van der Waals surface area contributed by atoms with Gasteiger partial charge in [0.25, 0.3) is 0 Å². The van der Waals surface area contributed by atoms with Crippen molar-refractivity contribution in [3.05, 3.63) is 182 Å². The third-order valence-corrected chi connectivity index (χ3v) is 11.2. The van der Waals surface area contributed by atoms with Gasteiger partial charge in [0.1, 0.15) is 11.2 Å². The van der Waals surface area contributed by atoms with Crippen molar-refractivity contribution >= 4 is 76.1 Å². The molecule has 9 aromatic carbocycles. The second kappa shape index (κ2) is 11.9. The Labute approximate surface area is 320 Å². The van der Waals surface area contributed by atoms with Crippen molar-refractivity contribution in [3.63, 3.8) is 0 Å². The Morgan fingerprint density at radius 1 is 0.375 bits per heavy atom. The van der Waals surface area contributed by atoms with E-state index < -0.39 is 0 Å². The molecule has 56 heavy (non-hydrogen) atoms. The zero-order chi connectivity index (χ0) is 36.7. The molecule has 0 amide bonds. The lowest BCUT2D eigenvalue weighted by atomic mass is 9.99. The molecule has 0 atom stereocenters. The third-order valence-electron chi connectivity index (χ3n) is 11.2. The molecule has 0 aliphatic heterocycles. The maximum Gasteiger partial charge on any atom is 0.164 e. The highest BCUT2D eigenvalue weighted by atomic mass is 16.3. The number of aromatic nitrogens is 4. The van der Waals surface area contributed by atoms with Gasteiger partial charge in [0.15, 0.2) is 17.5 Å². The van der Waals surface area contributed by atoms with Crippen LogP contribution < -0.4 is 0 Å². The van der Waals surface area contributed by atoms with Gasteiger partial charge in [-0.2, -0.15) is 0 Å².